The van der Waals surface area contributed by atoms with Crippen LogP contribution in [0.1, 0.15) is 28.4 Å². The Kier molecular flexibility index (Phi) is 8.58. The van der Waals surface area contributed by atoms with Gasteiger partial charge in [-0.1, -0.05) is 12.1 Å². The van der Waals surface area contributed by atoms with E-state index in [1.165, 1.54) is 30.5 Å². The lowest BCUT2D eigenvalue weighted by Crippen LogP contribution is -2.49. The summed E-state index contributed by atoms with van der Waals surface area (Å²) >= 11 is 0. The topological polar surface area (TPSA) is 104 Å². The molecular weight excluding hydrogens is 532 g/mol. The van der Waals surface area contributed by atoms with Gasteiger partial charge in [-0.05, 0) is 49.4 Å². The number of carbonyl (C=O) groups is 2. The molecule has 1 saturated heterocycles. The standard InChI is InChI=1S/C28H28F4N4O4/c1-3-40-24-11-25(37)33-13-22(24)17-4-5-18(23(29)8-17)9-26(38)35-21-7-19(6-20(10-21)28(30,31)32)27(39)34-12-16-14-36(2)15-16/h4-8,10-11,13,16H,3,9,12,14-15H2,1-2H3,(H,33,37)(H,34,39)(H,35,38). The van der Waals surface area contributed by atoms with Crippen molar-refractivity contribution in [3.05, 3.63) is 81.5 Å². The number of amides is 2. The summed E-state index contributed by atoms with van der Waals surface area (Å²) in [5.41, 5.74) is -1.14. The molecule has 0 bridgehead atoms. The quantitative estimate of drug-likeness (QED) is 0.343. The fourth-order valence-electron chi connectivity index (χ4n) is 4.48. The molecule has 0 aliphatic carbocycles. The molecule has 212 valence electrons. The fraction of sp³-hybridized carbons (Fsp3) is 0.321. The van der Waals surface area contributed by atoms with Crippen molar-refractivity contribution in [2.24, 2.45) is 5.92 Å². The van der Waals surface area contributed by atoms with Crippen LogP contribution in [-0.4, -0.2) is 55.0 Å². The summed E-state index contributed by atoms with van der Waals surface area (Å²) in [4.78, 5) is 41.4. The number of pyridine rings is 1. The van der Waals surface area contributed by atoms with Gasteiger partial charge in [0.05, 0.1) is 18.6 Å². The minimum atomic E-state index is -4.75. The third-order valence-electron chi connectivity index (χ3n) is 6.40. The SMILES string of the molecule is CCOc1cc(=O)[nH]cc1-c1ccc(CC(=O)Nc2cc(C(=O)NCC3CN(C)C3)cc(C(F)(F)F)c2)c(F)c1. The molecule has 0 unspecified atom stereocenters. The third kappa shape index (κ3) is 7.06. The number of likely N-dealkylation sites (tertiary alicyclic amines) is 1. The van der Waals surface area contributed by atoms with Crippen LogP contribution in [0.4, 0.5) is 23.2 Å². The Labute approximate surface area is 227 Å². The van der Waals surface area contributed by atoms with E-state index in [4.69, 9.17) is 4.74 Å². The van der Waals surface area contributed by atoms with Crippen LogP contribution < -0.4 is 20.9 Å². The molecule has 8 nitrogen and oxygen atoms in total. The smallest absolute Gasteiger partial charge is 0.416 e. The van der Waals surface area contributed by atoms with Crippen LogP contribution in [-0.2, 0) is 17.4 Å². The lowest BCUT2D eigenvalue weighted by atomic mass is 10.0. The Balaban J connectivity index is 1.49. The van der Waals surface area contributed by atoms with E-state index in [0.717, 1.165) is 31.3 Å². The summed E-state index contributed by atoms with van der Waals surface area (Å²) in [6, 6.07) is 7.92. The van der Waals surface area contributed by atoms with Crippen molar-refractivity contribution < 1.29 is 31.9 Å². The van der Waals surface area contributed by atoms with Crippen LogP contribution in [0.15, 0.2) is 53.5 Å². The van der Waals surface area contributed by atoms with Crippen molar-refractivity contribution in [1.29, 1.82) is 0 Å². The molecule has 2 amide bonds. The second-order valence-electron chi connectivity index (χ2n) is 9.63. The van der Waals surface area contributed by atoms with Gasteiger partial charge in [-0.3, -0.25) is 14.4 Å². The molecule has 0 spiro atoms. The number of aromatic nitrogens is 1. The molecule has 1 fully saturated rings. The number of rotatable bonds is 9. The molecule has 0 atom stereocenters. The van der Waals surface area contributed by atoms with Crippen LogP contribution >= 0.6 is 0 Å². The largest absolute Gasteiger partial charge is 0.493 e. The van der Waals surface area contributed by atoms with Crippen LogP contribution in [0.25, 0.3) is 11.1 Å². The molecule has 1 aliphatic rings. The number of H-pyrrole nitrogens is 1. The first-order valence-electron chi connectivity index (χ1n) is 12.6. The van der Waals surface area contributed by atoms with E-state index in [0.29, 0.717) is 17.7 Å². The summed E-state index contributed by atoms with van der Waals surface area (Å²) in [6.07, 6.45) is -3.83. The van der Waals surface area contributed by atoms with Crippen molar-refractivity contribution in [2.75, 3.05) is 38.6 Å². The van der Waals surface area contributed by atoms with Gasteiger partial charge in [0.25, 0.3) is 11.5 Å². The first kappa shape index (κ1) is 28.8. The van der Waals surface area contributed by atoms with Crippen molar-refractivity contribution in [3.8, 4) is 16.9 Å². The van der Waals surface area contributed by atoms with Gasteiger partial charge in [0.2, 0.25) is 5.91 Å². The second-order valence-corrected chi connectivity index (χ2v) is 9.63. The molecule has 0 saturated carbocycles. The van der Waals surface area contributed by atoms with Gasteiger partial charge in [-0.15, -0.1) is 0 Å². The average molecular weight is 561 g/mol. The zero-order valence-corrected chi connectivity index (χ0v) is 21.8. The summed E-state index contributed by atoms with van der Waals surface area (Å²) in [5.74, 6) is -1.71. The predicted octanol–water partition coefficient (Wildman–Crippen LogP) is 4.07. The maximum Gasteiger partial charge on any atom is 0.416 e. The molecule has 3 aromatic rings. The third-order valence-corrected chi connectivity index (χ3v) is 6.40. The number of ether oxygens (including phenoxy) is 1. The van der Waals surface area contributed by atoms with Gasteiger partial charge >= 0.3 is 6.18 Å². The highest BCUT2D eigenvalue weighted by atomic mass is 19.4. The summed E-state index contributed by atoms with van der Waals surface area (Å²) in [6.45, 7) is 3.90. The number of carbonyl (C=O) groups excluding carboxylic acids is 2. The molecule has 3 N–H and O–H groups in total. The fourth-order valence-corrected chi connectivity index (χ4v) is 4.48. The Morgan fingerprint density at radius 2 is 1.88 bits per heavy atom. The van der Waals surface area contributed by atoms with E-state index < -0.39 is 35.8 Å². The first-order chi connectivity index (χ1) is 18.9. The van der Waals surface area contributed by atoms with E-state index in [9.17, 15) is 31.9 Å². The Bertz CT molecular complexity index is 1470. The van der Waals surface area contributed by atoms with Crippen molar-refractivity contribution in [2.45, 2.75) is 19.5 Å². The van der Waals surface area contributed by atoms with Gasteiger partial charge < -0.3 is 25.3 Å². The minimum Gasteiger partial charge on any atom is -0.493 e. The van der Waals surface area contributed by atoms with Gasteiger partial charge in [0, 0.05) is 54.6 Å². The van der Waals surface area contributed by atoms with Crippen LogP contribution in [0.5, 0.6) is 5.75 Å². The monoisotopic (exact) mass is 560 g/mol. The first-order valence-corrected chi connectivity index (χ1v) is 12.6. The summed E-state index contributed by atoms with van der Waals surface area (Å²) in [5, 5.41) is 4.98. The zero-order chi connectivity index (χ0) is 29.0. The molecule has 1 aromatic heterocycles. The zero-order valence-electron chi connectivity index (χ0n) is 21.8. The summed E-state index contributed by atoms with van der Waals surface area (Å²) < 4.78 is 60.9. The van der Waals surface area contributed by atoms with E-state index in [1.54, 1.807) is 6.92 Å². The van der Waals surface area contributed by atoms with Crippen molar-refractivity contribution >= 4 is 17.5 Å². The lowest BCUT2D eigenvalue weighted by Gasteiger charge is -2.36. The number of nitrogens with one attached hydrogen (secondary N) is 3. The number of hydrogen-bond donors (Lipinski definition) is 3. The number of benzene rings is 2. The van der Waals surface area contributed by atoms with Gasteiger partial charge in [0.15, 0.2) is 0 Å². The van der Waals surface area contributed by atoms with E-state index in [1.807, 2.05) is 11.9 Å². The predicted molar refractivity (Wildman–Crippen MR) is 141 cm³/mol. The highest BCUT2D eigenvalue weighted by Gasteiger charge is 2.32. The highest BCUT2D eigenvalue weighted by molar-refractivity contribution is 5.98. The van der Waals surface area contributed by atoms with E-state index in [2.05, 4.69) is 15.6 Å². The second kappa shape index (κ2) is 11.9. The molecule has 1 aliphatic heterocycles. The molecule has 2 aromatic carbocycles. The number of nitrogens with zero attached hydrogens (tertiary/aromatic N) is 1. The van der Waals surface area contributed by atoms with Gasteiger partial charge in [-0.25, -0.2) is 4.39 Å². The normalized spacial score (nSPS) is 13.9. The lowest BCUT2D eigenvalue weighted by molar-refractivity contribution is -0.137. The number of halogens is 4. The number of anilines is 1. The van der Waals surface area contributed by atoms with E-state index in [-0.39, 0.29) is 40.6 Å². The molecule has 2 heterocycles. The Morgan fingerprint density at radius 1 is 1.12 bits per heavy atom. The highest BCUT2D eigenvalue weighted by Crippen LogP contribution is 2.33. The maximum absolute atomic E-state index is 14.9. The van der Waals surface area contributed by atoms with Crippen LogP contribution in [0.2, 0.25) is 0 Å². The van der Waals surface area contributed by atoms with Crippen molar-refractivity contribution in [3.63, 3.8) is 0 Å². The number of aromatic amines is 1. The van der Waals surface area contributed by atoms with E-state index >= 15 is 0 Å². The number of alkyl halides is 3. The van der Waals surface area contributed by atoms with Gasteiger partial charge in [-0.2, -0.15) is 13.2 Å². The average Bonchev–Trinajstić information content (AvgIpc) is 2.86. The van der Waals surface area contributed by atoms with Crippen LogP contribution in [0.3, 0.4) is 0 Å². The Hall–Kier alpha value is -4.19. The number of hydrogen-bond acceptors (Lipinski definition) is 5. The Morgan fingerprint density at radius 3 is 2.52 bits per heavy atom. The van der Waals surface area contributed by atoms with Crippen molar-refractivity contribution in [1.82, 2.24) is 15.2 Å². The molecule has 0 radical (unpaired) electrons. The minimum absolute atomic E-state index is 0.000886. The van der Waals surface area contributed by atoms with Crippen LogP contribution in [0, 0.1) is 11.7 Å². The molecule has 40 heavy (non-hydrogen) atoms. The molecule has 12 heteroatoms. The maximum atomic E-state index is 14.9. The molecular formula is C28H28F4N4O4. The molecule has 4 rings (SSSR count). The summed E-state index contributed by atoms with van der Waals surface area (Å²) in [7, 11) is 1.92. The van der Waals surface area contributed by atoms with Gasteiger partial charge in [0.1, 0.15) is 11.6 Å².